The van der Waals surface area contributed by atoms with Crippen LogP contribution in [-0.4, -0.2) is 22.3 Å². The highest BCUT2D eigenvalue weighted by Crippen LogP contribution is 2.33. The Kier molecular flexibility index (Phi) is 5.65. The van der Waals surface area contributed by atoms with E-state index in [2.05, 4.69) is 21.2 Å². The second-order valence-electron chi connectivity index (χ2n) is 3.55. The van der Waals surface area contributed by atoms with E-state index in [1.165, 1.54) is 6.07 Å². The van der Waals surface area contributed by atoms with Gasteiger partial charge in [-0.1, -0.05) is 6.92 Å². The van der Waals surface area contributed by atoms with Gasteiger partial charge in [-0.15, -0.1) is 0 Å². The Morgan fingerprint density at radius 1 is 1.39 bits per heavy atom. The molecule has 0 fully saturated rings. The van der Waals surface area contributed by atoms with E-state index in [0.29, 0.717) is 28.2 Å². The molecule has 1 rings (SSSR count). The van der Waals surface area contributed by atoms with Gasteiger partial charge >= 0.3 is 6.18 Å². The lowest BCUT2D eigenvalue weighted by Gasteiger charge is -2.11. The molecule has 0 spiro atoms. The minimum atomic E-state index is -4.34. The van der Waals surface area contributed by atoms with Crippen molar-refractivity contribution in [1.82, 2.24) is 0 Å². The second kappa shape index (κ2) is 6.56. The van der Waals surface area contributed by atoms with E-state index in [-0.39, 0.29) is 0 Å². The maximum absolute atomic E-state index is 12.4. The van der Waals surface area contributed by atoms with Crippen molar-refractivity contribution in [2.24, 2.45) is 0 Å². The molecule has 0 saturated carbocycles. The van der Waals surface area contributed by atoms with E-state index >= 15 is 0 Å². The van der Waals surface area contributed by atoms with Crippen molar-refractivity contribution in [2.45, 2.75) is 13.1 Å². The van der Waals surface area contributed by atoms with Gasteiger partial charge in [0, 0.05) is 39.0 Å². The molecule has 7 heteroatoms. The molecular formula is C11H13BrF3NOS. The summed E-state index contributed by atoms with van der Waals surface area (Å²) >= 11 is 3.09. The van der Waals surface area contributed by atoms with Gasteiger partial charge < -0.3 is 5.32 Å². The van der Waals surface area contributed by atoms with Gasteiger partial charge in [0.1, 0.15) is 0 Å². The Balaban J connectivity index is 2.66. The number of anilines is 1. The lowest BCUT2D eigenvalue weighted by Crippen LogP contribution is -2.12. The van der Waals surface area contributed by atoms with Gasteiger partial charge in [-0.2, -0.15) is 13.2 Å². The molecule has 0 heterocycles. The van der Waals surface area contributed by atoms with Gasteiger partial charge in [-0.3, -0.25) is 4.21 Å². The molecule has 0 aliphatic carbocycles. The van der Waals surface area contributed by atoms with Gasteiger partial charge in [0.25, 0.3) is 0 Å². The van der Waals surface area contributed by atoms with Crippen LogP contribution in [-0.2, 0) is 17.0 Å². The summed E-state index contributed by atoms with van der Waals surface area (Å²) in [7, 11) is -0.884. The number of rotatable bonds is 5. The average Bonchev–Trinajstić information content (AvgIpc) is 2.29. The molecule has 0 aliphatic heterocycles. The summed E-state index contributed by atoms with van der Waals surface area (Å²) < 4.78 is 48.8. The summed E-state index contributed by atoms with van der Waals surface area (Å²) in [4.78, 5) is 0. The lowest BCUT2D eigenvalue weighted by molar-refractivity contribution is -0.137. The number of halogens is 4. The van der Waals surface area contributed by atoms with Crippen molar-refractivity contribution in [3.63, 3.8) is 0 Å². The molecule has 1 N–H and O–H groups in total. The van der Waals surface area contributed by atoms with Crippen LogP contribution in [0.1, 0.15) is 12.5 Å². The molecule has 2 nitrogen and oxygen atoms in total. The zero-order valence-electron chi connectivity index (χ0n) is 9.68. The highest BCUT2D eigenvalue weighted by Gasteiger charge is 2.30. The zero-order valence-corrected chi connectivity index (χ0v) is 12.1. The number of hydrogen-bond acceptors (Lipinski definition) is 2. The van der Waals surface area contributed by atoms with Crippen LogP contribution in [0.5, 0.6) is 0 Å². The fourth-order valence-electron chi connectivity index (χ4n) is 1.28. The van der Waals surface area contributed by atoms with Crippen LogP contribution in [0.15, 0.2) is 22.7 Å². The summed E-state index contributed by atoms with van der Waals surface area (Å²) in [5.74, 6) is 1.06. The minimum absolute atomic E-state index is 0.347. The summed E-state index contributed by atoms with van der Waals surface area (Å²) in [5, 5.41) is 2.95. The topological polar surface area (TPSA) is 29.1 Å². The second-order valence-corrected chi connectivity index (χ2v) is 6.27. The maximum Gasteiger partial charge on any atom is 0.416 e. The van der Waals surface area contributed by atoms with E-state index in [1.54, 1.807) is 0 Å². The first-order valence-corrected chi connectivity index (χ1v) is 7.58. The summed E-state index contributed by atoms with van der Waals surface area (Å²) in [6.45, 7) is 2.29. The number of nitrogens with one attached hydrogen (secondary N) is 1. The third kappa shape index (κ3) is 4.61. The molecule has 102 valence electrons. The number of benzene rings is 1. The van der Waals surface area contributed by atoms with Crippen LogP contribution >= 0.6 is 15.9 Å². The third-order valence-electron chi connectivity index (χ3n) is 2.26. The van der Waals surface area contributed by atoms with Gasteiger partial charge in [0.05, 0.1) is 5.56 Å². The first-order valence-electron chi connectivity index (χ1n) is 5.30. The molecule has 0 bridgehead atoms. The van der Waals surface area contributed by atoms with Crippen LogP contribution in [0.4, 0.5) is 18.9 Å². The van der Waals surface area contributed by atoms with Crippen LogP contribution in [0, 0.1) is 0 Å². The smallest absolute Gasteiger partial charge is 0.383 e. The Hall–Kier alpha value is -0.560. The van der Waals surface area contributed by atoms with E-state index in [1.807, 2.05) is 6.92 Å². The van der Waals surface area contributed by atoms with Crippen LogP contribution in [0.2, 0.25) is 0 Å². The summed E-state index contributed by atoms with van der Waals surface area (Å²) in [6.07, 6.45) is -4.34. The molecular weight excluding hydrogens is 331 g/mol. The van der Waals surface area contributed by atoms with E-state index < -0.39 is 22.5 Å². The standard InChI is InChI=1S/C11H13BrF3NOS/c1-2-18(17)6-5-16-10-4-3-8(7-9(10)12)11(13,14)15/h3-4,7,16H,2,5-6H2,1H3. The monoisotopic (exact) mass is 343 g/mol. The predicted octanol–water partition coefficient (Wildman–Crippen LogP) is 3.65. The lowest BCUT2D eigenvalue weighted by atomic mass is 10.2. The molecule has 1 unspecified atom stereocenters. The highest BCUT2D eigenvalue weighted by atomic mass is 79.9. The molecule has 1 aromatic rings. The fraction of sp³-hybridized carbons (Fsp3) is 0.455. The van der Waals surface area contributed by atoms with Crippen LogP contribution < -0.4 is 5.32 Å². The number of alkyl halides is 3. The normalized spacial score (nSPS) is 13.4. The Labute approximate surface area is 115 Å². The first kappa shape index (κ1) is 15.5. The van der Waals surface area contributed by atoms with Crippen molar-refractivity contribution in [3.8, 4) is 0 Å². The summed E-state index contributed by atoms with van der Waals surface area (Å²) in [5.41, 5.74) is -0.131. The van der Waals surface area contributed by atoms with Crippen molar-refractivity contribution in [3.05, 3.63) is 28.2 Å². The SMILES string of the molecule is CCS(=O)CCNc1ccc(C(F)(F)F)cc1Br. The quantitative estimate of drug-likeness (QED) is 0.884. The Morgan fingerprint density at radius 3 is 2.56 bits per heavy atom. The predicted molar refractivity (Wildman–Crippen MR) is 71.2 cm³/mol. The molecule has 0 amide bonds. The Bertz CT molecular complexity index is 437. The summed E-state index contributed by atoms with van der Waals surface area (Å²) in [6, 6.07) is 3.41. The molecule has 1 atom stereocenters. The Morgan fingerprint density at radius 2 is 2.06 bits per heavy atom. The average molecular weight is 344 g/mol. The third-order valence-corrected chi connectivity index (χ3v) is 4.22. The van der Waals surface area contributed by atoms with Gasteiger partial charge in [0.2, 0.25) is 0 Å². The van der Waals surface area contributed by atoms with Crippen LogP contribution in [0.25, 0.3) is 0 Å². The fourth-order valence-corrected chi connectivity index (χ4v) is 2.42. The van der Waals surface area contributed by atoms with E-state index in [4.69, 9.17) is 0 Å². The molecule has 0 aliphatic rings. The minimum Gasteiger partial charge on any atom is -0.383 e. The number of hydrogen-bond donors (Lipinski definition) is 1. The molecule has 18 heavy (non-hydrogen) atoms. The molecule has 0 aromatic heterocycles. The largest absolute Gasteiger partial charge is 0.416 e. The molecule has 1 aromatic carbocycles. The van der Waals surface area contributed by atoms with Crippen molar-refractivity contribution >= 4 is 32.4 Å². The van der Waals surface area contributed by atoms with Crippen molar-refractivity contribution in [2.75, 3.05) is 23.4 Å². The van der Waals surface area contributed by atoms with E-state index in [9.17, 15) is 17.4 Å². The van der Waals surface area contributed by atoms with Gasteiger partial charge in [-0.05, 0) is 34.1 Å². The van der Waals surface area contributed by atoms with E-state index in [0.717, 1.165) is 12.1 Å². The maximum atomic E-state index is 12.4. The molecule has 0 radical (unpaired) electrons. The van der Waals surface area contributed by atoms with Crippen molar-refractivity contribution < 1.29 is 17.4 Å². The zero-order chi connectivity index (χ0) is 13.8. The highest BCUT2D eigenvalue weighted by molar-refractivity contribution is 9.10. The van der Waals surface area contributed by atoms with Crippen LogP contribution in [0.3, 0.4) is 0 Å². The van der Waals surface area contributed by atoms with Gasteiger partial charge in [0.15, 0.2) is 0 Å². The van der Waals surface area contributed by atoms with Gasteiger partial charge in [-0.25, -0.2) is 0 Å². The first-order chi connectivity index (χ1) is 8.34. The van der Waals surface area contributed by atoms with Crippen molar-refractivity contribution in [1.29, 1.82) is 0 Å². The molecule has 0 saturated heterocycles.